The number of carbonyl (C=O) groups is 1. The van der Waals surface area contributed by atoms with E-state index in [1.807, 2.05) is 0 Å². The van der Waals surface area contributed by atoms with Crippen LogP contribution in [0, 0.1) is 22.9 Å². The van der Waals surface area contributed by atoms with Crippen LogP contribution < -0.4 is 9.62 Å². The molecule has 8 nitrogen and oxygen atoms in total. The van der Waals surface area contributed by atoms with Crippen molar-refractivity contribution in [2.24, 2.45) is 0 Å². The molecule has 1 N–H and O–H groups in total. The third-order valence-corrected chi connectivity index (χ3v) is 7.39. The van der Waals surface area contributed by atoms with Gasteiger partial charge in [-0.2, -0.15) is 0 Å². The zero-order valence-electron chi connectivity index (χ0n) is 17.6. The number of fused-ring (bicyclic) bond motifs is 1. The van der Waals surface area contributed by atoms with Crippen LogP contribution in [0.5, 0.6) is 0 Å². The number of hydrogen-bond acceptors (Lipinski definition) is 5. The Morgan fingerprint density at radius 1 is 1.12 bits per heavy atom. The van der Waals surface area contributed by atoms with Crippen LogP contribution in [0.25, 0.3) is 0 Å². The molecule has 0 radical (unpaired) electrons. The number of halogens is 1. The summed E-state index contributed by atoms with van der Waals surface area (Å²) in [6.07, 6.45) is 1.29. The number of anilines is 2. The van der Waals surface area contributed by atoms with E-state index in [4.69, 9.17) is 0 Å². The SMILES string of the molecule is Cc1c(C(=O)Nc2ccc3c(c2)N(S(=O)(=O)c2ccc(F)cc2)CCC3)cccc1[N+](=O)[O-]. The van der Waals surface area contributed by atoms with Gasteiger partial charge in [-0.1, -0.05) is 12.1 Å². The second-order valence-electron chi connectivity index (χ2n) is 7.64. The number of nitro benzene ring substituents is 1. The number of carbonyl (C=O) groups excluding carboxylic acids is 1. The van der Waals surface area contributed by atoms with Gasteiger partial charge in [0.1, 0.15) is 5.82 Å². The summed E-state index contributed by atoms with van der Waals surface area (Å²) in [4.78, 5) is 23.4. The normalized spacial score (nSPS) is 13.3. The summed E-state index contributed by atoms with van der Waals surface area (Å²) in [7, 11) is -3.93. The Labute approximate surface area is 189 Å². The van der Waals surface area contributed by atoms with Crippen LogP contribution >= 0.6 is 0 Å². The molecule has 1 heterocycles. The molecule has 3 aromatic carbocycles. The molecule has 0 atom stereocenters. The first kappa shape index (κ1) is 22.4. The van der Waals surface area contributed by atoms with Crippen LogP contribution in [0.4, 0.5) is 21.5 Å². The van der Waals surface area contributed by atoms with E-state index in [0.717, 1.165) is 17.7 Å². The fraction of sp³-hybridized carbons (Fsp3) is 0.174. The minimum atomic E-state index is -3.93. The van der Waals surface area contributed by atoms with Crippen LogP contribution in [0.1, 0.15) is 27.9 Å². The smallest absolute Gasteiger partial charge is 0.273 e. The third-order valence-electron chi connectivity index (χ3n) is 5.57. The van der Waals surface area contributed by atoms with Gasteiger partial charge in [-0.15, -0.1) is 0 Å². The fourth-order valence-corrected chi connectivity index (χ4v) is 5.40. The van der Waals surface area contributed by atoms with E-state index in [2.05, 4.69) is 5.32 Å². The highest BCUT2D eigenvalue weighted by atomic mass is 32.2. The number of nitro groups is 1. The van der Waals surface area contributed by atoms with Gasteiger partial charge in [0, 0.05) is 29.4 Å². The average Bonchev–Trinajstić information content (AvgIpc) is 2.78. The number of rotatable bonds is 5. The molecule has 0 aromatic heterocycles. The summed E-state index contributed by atoms with van der Waals surface area (Å²) >= 11 is 0. The highest BCUT2D eigenvalue weighted by Gasteiger charge is 2.29. The average molecular weight is 469 g/mol. The summed E-state index contributed by atoms with van der Waals surface area (Å²) in [5, 5.41) is 13.9. The zero-order chi connectivity index (χ0) is 23.8. The quantitative estimate of drug-likeness (QED) is 0.439. The van der Waals surface area contributed by atoms with E-state index >= 15 is 0 Å². The molecule has 1 aliphatic rings. The molecule has 0 saturated carbocycles. The van der Waals surface area contributed by atoms with E-state index < -0.39 is 26.7 Å². The lowest BCUT2D eigenvalue weighted by atomic mass is 10.0. The maximum absolute atomic E-state index is 13.3. The van der Waals surface area contributed by atoms with Crippen molar-refractivity contribution in [1.29, 1.82) is 0 Å². The predicted molar refractivity (Wildman–Crippen MR) is 121 cm³/mol. The Morgan fingerprint density at radius 2 is 1.85 bits per heavy atom. The van der Waals surface area contributed by atoms with Gasteiger partial charge in [0.2, 0.25) is 0 Å². The third kappa shape index (κ3) is 4.29. The van der Waals surface area contributed by atoms with Gasteiger partial charge in [-0.3, -0.25) is 19.2 Å². The van der Waals surface area contributed by atoms with Gasteiger partial charge in [-0.05, 0) is 67.8 Å². The Morgan fingerprint density at radius 3 is 2.55 bits per heavy atom. The monoisotopic (exact) mass is 469 g/mol. The van der Waals surface area contributed by atoms with Crippen LogP contribution in [-0.2, 0) is 16.4 Å². The van der Waals surface area contributed by atoms with Gasteiger partial charge in [0.05, 0.1) is 15.5 Å². The molecule has 4 rings (SSSR count). The Kier molecular flexibility index (Phi) is 5.86. The van der Waals surface area contributed by atoms with Crippen molar-refractivity contribution in [3.63, 3.8) is 0 Å². The van der Waals surface area contributed by atoms with Crippen molar-refractivity contribution in [3.8, 4) is 0 Å². The predicted octanol–water partition coefficient (Wildman–Crippen LogP) is 4.44. The first-order valence-corrected chi connectivity index (χ1v) is 11.6. The van der Waals surface area contributed by atoms with Crippen molar-refractivity contribution < 1.29 is 22.5 Å². The van der Waals surface area contributed by atoms with Crippen molar-refractivity contribution in [3.05, 3.63) is 93.3 Å². The van der Waals surface area contributed by atoms with E-state index in [0.29, 0.717) is 24.2 Å². The van der Waals surface area contributed by atoms with Crippen LogP contribution in [-0.4, -0.2) is 25.8 Å². The van der Waals surface area contributed by atoms with Crippen LogP contribution in [0.3, 0.4) is 0 Å². The second-order valence-corrected chi connectivity index (χ2v) is 9.50. The van der Waals surface area contributed by atoms with Crippen LogP contribution in [0.15, 0.2) is 65.6 Å². The lowest BCUT2D eigenvalue weighted by Gasteiger charge is -2.31. The first-order valence-electron chi connectivity index (χ1n) is 10.1. The van der Waals surface area contributed by atoms with Crippen molar-refractivity contribution in [1.82, 2.24) is 0 Å². The minimum Gasteiger partial charge on any atom is -0.322 e. The van der Waals surface area contributed by atoms with Crippen molar-refractivity contribution in [2.75, 3.05) is 16.2 Å². The summed E-state index contributed by atoms with van der Waals surface area (Å²) in [6, 6.07) is 13.8. The van der Waals surface area contributed by atoms with Gasteiger partial charge in [0.15, 0.2) is 0 Å². The van der Waals surface area contributed by atoms with E-state index in [1.165, 1.54) is 41.6 Å². The number of benzene rings is 3. The molecule has 0 unspecified atom stereocenters. The molecular formula is C23H20FN3O5S. The summed E-state index contributed by atoms with van der Waals surface area (Å²) in [5.74, 6) is -1.07. The fourth-order valence-electron chi connectivity index (χ4n) is 3.87. The van der Waals surface area contributed by atoms with Crippen molar-refractivity contribution >= 4 is 33.0 Å². The van der Waals surface area contributed by atoms with E-state index in [1.54, 1.807) is 18.2 Å². The highest BCUT2D eigenvalue weighted by Crippen LogP contribution is 2.34. The lowest BCUT2D eigenvalue weighted by Crippen LogP contribution is -2.35. The molecule has 1 amide bonds. The number of nitrogens with one attached hydrogen (secondary N) is 1. The molecule has 0 aliphatic carbocycles. The Bertz CT molecular complexity index is 1360. The maximum Gasteiger partial charge on any atom is 0.273 e. The zero-order valence-corrected chi connectivity index (χ0v) is 18.4. The highest BCUT2D eigenvalue weighted by molar-refractivity contribution is 7.92. The van der Waals surface area contributed by atoms with Crippen molar-refractivity contribution in [2.45, 2.75) is 24.7 Å². The van der Waals surface area contributed by atoms with Gasteiger partial charge in [-0.25, -0.2) is 12.8 Å². The summed E-state index contributed by atoms with van der Waals surface area (Å²) in [6.45, 7) is 1.74. The van der Waals surface area contributed by atoms with E-state index in [-0.39, 0.29) is 28.3 Å². The lowest BCUT2D eigenvalue weighted by molar-refractivity contribution is -0.385. The molecule has 0 bridgehead atoms. The minimum absolute atomic E-state index is 0.0293. The molecule has 3 aromatic rings. The van der Waals surface area contributed by atoms with E-state index in [9.17, 15) is 27.7 Å². The van der Waals surface area contributed by atoms with Gasteiger partial charge >= 0.3 is 0 Å². The number of sulfonamides is 1. The number of aryl methyl sites for hydroxylation is 1. The topological polar surface area (TPSA) is 110 Å². The Hall–Kier alpha value is -3.79. The Balaban J connectivity index is 1.67. The molecule has 0 fully saturated rings. The molecule has 33 heavy (non-hydrogen) atoms. The number of hydrogen-bond donors (Lipinski definition) is 1. The van der Waals surface area contributed by atoms with Gasteiger partial charge in [0.25, 0.3) is 21.6 Å². The molecule has 0 spiro atoms. The summed E-state index contributed by atoms with van der Waals surface area (Å²) < 4.78 is 41.0. The standard InChI is InChI=1S/C23H20FN3O5S/c1-15-20(5-2-6-21(15)27(29)30)23(28)25-18-10-7-16-4-3-13-26(22(16)14-18)33(31,32)19-11-8-17(24)9-12-19/h2,5-12,14H,3-4,13H2,1H3,(H,25,28). The summed E-state index contributed by atoms with van der Waals surface area (Å²) in [5.41, 5.74) is 1.81. The number of nitrogens with zero attached hydrogens (tertiary/aromatic N) is 2. The number of amides is 1. The molecule has 10 heteroatoms. The second kappa shape index (κ2) is 8.62. The van der Waals surface area contributed by atoms with Gasteiger partial charge < -0.3 is 5.32 Å². The van der Waals surface area contributed by atoms with Crippen LogP contribution in [0.2, 0.25) is 0 Å². The maximum atomic E-state index is 13.3. The molecule has 1 aliphatic heterocycles. The molecular weight excluding hydrogens is 449 g/mol. The molecule has 0 saturated heterocycles. The molecule has 170 valence electrons. The first-order chi connectivity index (χ1) is 15.7. The largest absolute Gasteiger partial charge is 0.322 e.